The highest BCUT2D eigenvalue weighted by molar-refractivity contribution is 7.99. The number of hydrogen-bond acceptors (Lipinski definition) is 3. The molecule has 1 saturated heterocycles. The molecule has 0 bridgehead atoms. The van der Waals surface area contributed by atoms with E-state index < -0.39 is 0 Å². The molecule has 2 N–H and O–H groups in total. The second-order valence-electron chi connectivity index (χ2n) is 3.91. The van der Waals surface area contributed by atoms with Gasteiger partial charge in [-0.25, -0.2) is 0 Å². The molecule has 0 atom stereocenters. The van der Waals surface area contributed by atoms with E-state index in [0.29, 0.717) is 4.99 Å². The molecule has 16 heavy (non-hydrogen) atoms. The smallest absolute Gasteiger partial charge is 0.104 e. The van der Waals surface area contributed by atoms with E-state index in [0.717, 1.165) is 25.2 Å². The molecule has 0 amide bonds. The summed E-state index contributed by atoms with van der Waals surface area (Å²) in [7, 11) is 0. The van der Waals surface area contributed by atoms with E-state index in [4.69, 9.17) is 18.0 Å². The summed E-state index contributed by atoms with van der Waals surface area (Å²) in [6.45, 7) is 3.29. The third kappa shape index (κ3) is 2.97. The first-order chi connectivity index (χ1) is 7.77. The van der Waals surface area contributed by atoms with Crippen LogP contribution < -0.4 is 5.73 Å². The predicted octanol–water partition coefficient (Wildman–Crippen LogP) is 1.87. The van der Waals surface area contributed by atoms with Crippen LogP contribution in [0.5, 0.6) is 0 Å². The normalized spacial score (nSPS) is 17.2. The van der Waals surface area contributed by atoms with Gasteiger partial charge in [-0.1, -0.05) is 36.5 Å². The standard InChI is InChI=1S/C12H16N2S2/c13-12(15)11-4-2-1-3-10(11)9-14-5-7-16-8-6-14/h1-4H,5-9H2,(H2,13,15). The molecule has 0 unspecified atom stereocenters. The lowest BCUT2D eigenvalue weighted by molar-refractivity contribution is 0.294. The Kier molecular flexibility index (Phi) is 4.21. The Morgan fingerprint density at radius 2 is 2.00 bits per heavy atom. The van der Waals surface area contributed by atoms with Crippen LogP contribution in [0.3, 0.4) is 0 Å². The van der Waals surface area contributed by atoms with Gasteiger partial charge in [0.15, 0.2) is 0 Å². The average Bonchev–Trinajstić information content (AvgIpc) is 2.31. The van der Waals surface area contributed by atoms with Crippen molar-refractivity contribution in [2.45, 2.75) is 6.54 Å². The first-order valence-corrected chi connectivity index (χ1v) is 7.01. The maximum absolute atomic E-state index is 5.73. The lowest BCUT2D eigenvalue weighted by Gasteiger charge is -2.26. The molecule has 2 nitrogen and oxygen atoms in total. The minimum Gasteiger partial charge on any atom is -0.389 e. The Labute approximate surface area is 106 Å². The highest BCUT2D eigenvalue weighted by atomic mass is 32.2. The van der Waals surface area contributed by atoms with Gasteiger partial charge in [0.2, 0.25) is 0 Å². The summed E-state index contributed by atoms with van der Waals surface area (Å²) < 4.78 is 0. The molecule has 4 heteroatoms. The van der Waals surface area contributed by atoms with E-state index in [1.54, 1.807) is 0 Å². The van der Waals surface area contributed by atoms with Crippen molar-refractivity contribution in [3.8, 4) is 0 Å². The lowest BCUT2D eigenvalue weighted by Crippen LogP contribution is -2.32. The van der Waals surface area contributed by atoms with E-state index >= 15 is 0 Å². The van der Waals surface area contributed by atoms with Gasteiger partial charge in [0, 0.05) is 36.7 Å². The summed E-state index contributed by atoms with van der Waals surface area (Å²) in [6.07, 6.45) is 0. The van der Waals surface area contributed by atoms with Gasteiger partial charge in [0.1, 0.15) is 4.99 Å². The Balaban J connectivity index is 2.10. The molecule has 1 aliphatic heterocycles. The topological polar surface area (TPSA) is 29.3 Å². The molecule has 0 saturated carbocycles. The van der Waals surface area contributed by atoms with Gasteiger partial charge in [-0.05, 0) is 5.56 Å². The highest BCUT2D eigenvalue weighted by Gasteiger charge is 2.13. The SMILES string of the molecule is NC(=S)c1ccccc1CN1CCSCC1. The fourth-order valence-corrected chi connectivity index (χ4v) is 3.08. The van der Waals surface area contributed by atoms with Crippen LogP contribution in [0.15, 0.2) is 24.3 Å². The fourth-order valence-electron chi connectivity index (χ4n) is 1.90. The molecule has 0 spiro atoms. The van der Waals surface area contributed by atoms with Crippen LogP contribution in [0, 0.1) is 0 Å². The molecule has 0 aromatic heterocycles. The highest BCUT2D eigenvalue weighted by Crippen LogP contribution is 2.15. The number of benzene rings is 1. The Morgan fingerprint density at radius 1 is 1.31 bits per heavy atom. The second-order valence-corrected chi connectivity index (χ2v) is 5.57. The second kappa shape index (κ2) is 5.66. The molecular weight excluding hydrogens is 236 g/mol. The van der Waals surface area contributed by atoms with E-state index in [9.17, 15) is 0 Å². The maximum atomic E-state index is 5.73. The summed E-state index contributed by atoms with van der Waals surface area (Å²) in [5, 5.41) is 0. The van der Waals surface area contributed by atoms with Crippen LogP contribution >= 0.6 is 24.0 Å². The van der Waals surface area contributed by atoms with Gasteiger partial charge in [0.25, 0.3) is 0 Å². The average molecular weight is 252 g/mol. The number of thiocarbonyl (C=S) groups is 1. The third-order valence-corrected chi connectivity index (χ3v) is 3.94. The minimum atomic E-state index is 0.502. The maximum Gasteiger partial charge on any atom is 0.104 e. The summed E-state index contributed by atoms with van der Waals surface area (Å²) in [5.41, 5.74) is 8.00. The van der Waals surface area contributed by atoms with Crippen LogP contribution in [-0.4, -0.2) is 34.5 Å². The predicted molar refractivity (Wildman–Crippen MR) is 74.9 cm³/mol. The fraction of sp³-hybridized carbons (Fsp3) is 0.417. The van der Waals surface area contributed by atoms with Crippen LogP contribution in [0.1, 0.15) is 11.1 Å². The molecule has 1 fully saturated rings. The molecule has 1 heterocycles. The van der Waals surface area contributed by atoms with Gasteiger partial charge < -0.3 is 5.73 Å². The third-order valence-electron chi connectivity index (χ3n) is 2.78. The quantitative estimate of drug-likeness (QED) is 0.832. The van der Waals surface area contributed by atoms with Gasteiger partial charge >= 0.3 is 0 Å². The number of nitrogens with two attached hydrogens (primary N) is 1. The van der Waals surface area contributed by atoms with E-state index in [2.05, 4.69) is 17.0 Å². The Morgan fingerprint density at radius 3 is 2.69 bits per heavy atom. The Bertz CT molecular complexity index is 373. The van der Waals surface area contributed by atoms with Gasteiger partial charge in [-0.2, -0.15) is 11.8 Å². The van der Waals surface area contributed by atoms with Crippen molar-refractivity contribution >= 4 is 29.0 Å². The molecule has 1 aliphatic rings. The van der Waals surface area contributed by atoms with Crippen molar-refractivity contribution in [2.75, 3.05) is 24.6 Å². The summed E-state index contributed by atoms with van der Waals surface area (Å²) in [5.74, 6) is 2.46. The summed E-state index contributed by atoms with van der Waals surface area (Å²) in [4.78, 5) is 2.97. The summed E-state index contributed by atoms with van der Waals surface area (Å²) in [6, 6.07) is 8.17. The van der Waals surface area contributed by atoms with Crippen LogP contribution in [0.4, 0.5) is 0 Å². The Hall–Kier alpha value is -0.580. The minimum absolute atomic E-state index is 0.502. The number of hydrogen-bond donors (Lipinski definition) is 1. The zero-order valence-electron chi connectivity index (χ0n) is 9.19. The zero-order valence-corrected chi connectivity index (χ0v) is 10.8. The van der Waals surface area contributed by atoms with Crippen LogP contribution in [0.2, 0.25) is 0 Å². The van der Waals surface area contributed by atoms with Gasteiger partial charge in [-0.3, -0.25) is 4.90 Å². The van der Waals surface area contributed by atoms with Crippen molar-refractivity contribution in [1.29, 1.82) is 0 Å². The summed E-state index contributed by atoms with van der Waals surface area (Å²) >= 11 is 7.10. The van der Waals surface area contributed by atoms with Crippen molar-refractivity contribution in [3.05, 3.63) is 35.4 Å². The van der Waals surface area contributed by atoms with Crippen LogP contribution in [-0.2, 0) is 6.54 Å². The zero-order chi connectivity index (χ0) is 11.4. The number of nitrogens with zero attached hydrogens (tertiary/aromatic N) is 1. The van der Waals surface area contributed by atoms with Crippen LogP contribution in [0.25, 0.3) is 0 Å². The van der Waals surface area contributed by atoms with Crippen molar-refractivity contribution in [3.63, 3.8) is 0 Å². The van der Waals surface area contributed by atoms with Crippen molar-refractivity contribution < 1.29 is 0 Å². The van der Waals surface area contributed by atoms with Gasteiger partial charge in [-0.15, -0.1) is 0 Å². The molecular formula is C12H16N2S2. The molecule has 2 rings (SSSR count). The molecule has 1 aromatic carbocycles. The number of thioether (sulfide) groups is 1. The molecule has 0 aliphatic carbocycles. The first-order valence-electron chi connectivity index (χ1n) is 5.45. The molecule has 0 radical (unpaired) electrons. The van der Waals surface area contributed by atoms with E-state index in [-0.39, 0.29) is 0 Å². The molecule has 1 aromatic rings. The largest absolute Gasteiger partial charge is 0.389 e. The van der Waals surface area contributed by atoms with E-state index in [1.165, 1.54) is 17.1 Å². The lowest BCUT2D eigenvalue weighted by atomic mass is 10.1. The first kappa shape index (κ1) is 11.9. The monoisotopic (exact) mass is 252 g/mol. The van der Waals surface area contributed by atoms with Crippen molar-refractivity contribution in [1.82, 2.24) is 4.90 Å². The van der Waals surface area contributed by atoms with Gasteiger partial charge in [0.05, 0.1) is 0 Å². The van der Waals surface area contributed by atoms with E-state index in [1.807, 2.05) is 23.9 Å². The van der Waals surface area contributed by atoms with Crippen molar-refractivity contribution in [2.24, 2.45) is 5.73 Å². The number of rotatable bonds is 3. The molecule has 86 valence electrons.